The molecule has 0 saturated heterocycles. The van der Waals surface area contributed by atoms with Gasteiger partial charge in [0.05, 0.1) is 7.11 Å². The average Bonchev–Trinajstić information content (AvgIpc) is 3.11. The zero-order valence-electron chi connectivity index (χ0n) is 20.2. The van der Waals surface area contributed by atoms with Gasteiger partial charge in [-0.25, -0.2) is 0 Å². The van der Waals surface area contributed by atoms with E-state index in [2.05, 4.69) is 24.7 Å². The summed E-state index contributed by atoms with van der Waals surface area (Å²) >= 11 is 0. The first-order valence-corrected chi connectivity index (χ1v) is 11.9. The predicted molar refractivity (Wildman–Crippen MR) is 121 cm³/mol. The maximum atomic E-state index is 11.9. The Morgan fingerprint density at radius 2 is 1.87 bits per heavy atom. The topological polar surface area (TPSA) is 69.7 Å². The van der Waals surface area contributed by atoms with Gasteiger partial charge in [0, 0.05) is 23.7 Å². The molecular formula is C26H40O5. The van der Waals surface area contributed by atoms with E-state index in [0.717, 1.165) is 38.5 Å². The fourth-order valence-electron chi connectivity index (χ4n) is 6.25. The smallest absolute Gasteiger partial charge is 0.305 e. The monoisotopic (exact) mass is 432 g/mol. The molecule has 4 aliphatic rings. The second kappa shape index (κ2) is 10.6. The third-order valence-corrected chi connectivity index (χ3v) is 7.91. The predicted octanol–water partition coefficient (Wildman–Crippen LogP) is 5.58. The quantitative estimate of drug-likeness (QED) is 0.331. The van der Waals surface area contributed by atoms with E-state index in [1.807, 2.05) is 26.8 Å². The van der Waals surface area contributed by atoms with E-state index in [-0.39, 0.29) is 22.9 Å². The maximum Gasteiger partial charge on any atom is 0.305 e. The average molecular weight is 433 g/mol. The lowest BCUT2D eigenvalue weighted by atomic mass is 9.52. The van der Waals surface area contributed by atoms with Crippen molar-refractivity contribution in [2.24, 2.45) is 22.7 Å². The van der Waals surface area contributed by atoms with Gasteiger partial charge in [-0.15, -0.1) is 0 Å². The van der Waals surface area contributed by atoms with Gasteiger partial charge in [-0.05, 0) is 56.4 Å². The van der Waals surface area contributed by atoms with Crippen LogP contribution in [0.25, 0.3) is 0 Å². The minimum absolute atomic E-state index is 0.0618. The van der Waals surface area contributed by atoms with Crippen LogP contribution >= 0.6 is 0 Å². The van der Waals surface area contributed by atoms with Gasteiger partial charge in [0.25, 0.3) is 6.47 Å². The molecule has 5 nitrogen and oxygen atoms in total. The van der Waals surface area contributed by atoms with Crippen molar-refractivity contribution in [2.75, 3.05) is 7.11 Å². The number of rotatable bonds is 3. The molecule has 5 atom stereocenters. The molecule has 5 heteroatoms. The number of methoxy groups -OCH3 is 1. The molecule has 174 valence electrons. The van der Waals surface area contributed by atoms with Gasteiger partial charge in [-0.1, -0.05) is 51.8 Å². The first kappa shape index (κ1) is 25.4. The summed E-state index contributed by atoms with van der Waals surface area (Å²) in [5.41, 5.74) is 3.13. The molecule has 0 spiro atoms. The fourth-order valence-corrected chi connectivity index (χ4v) is 6.25. The van der Waals surface area contributed by atoms with Crippen molar-refractivity contribution in [1.29, 1.82) is 0 Å². The molecule has 2 fully saturated rings. The molecule has 0 aromatic carbocycles. The highest BCUT2D eigenvalue weighted by Gasteiger charge is 2.57. The molecule has 0 bridgehead atoms. The van der Waals surface area contributed by atoms with Crippen LogP contribution in [0.2, 0.25) is 0 Å². The molecule has 0 aromatic heterocycles. The van der Waals surface area contributed by atoms with E-state index >= 15 is 0 Å². The van der Waals surface area contributed by atoms with Crippen LogP contribution in [0, 0.1) is 22.7 Å². The summed E-state index contributed by atoms with van der Waals surface area (Å²) in [6.45, 7) is 10.9. The Labute approximate surface area is 187 Å². The second-order valence-electron chi connectivity index (χ2n) is 9.33. The molecule has 5 unspecified atom stereocenters. The van der Waals surface area contributed by atoms with Gasteiger partial charge in [0.15, 0.2) is 5.78 Å². The Hall–Kier alpha value is -1.91. The van der Waals surface area contributed by atoms with Crippen molar-refractivity contribution in [2.45, 2.75) is 92.1 Å². The molecule has 2 saturated carbocycles. The number of hydrogen-bond donors (Lipinski definition) is 0. The standard InChI is InChI=1S/C22H30O3.C2H4O2.C2H6/c1-4-20(24)25-19-8-7-17-16-6-5-14-13-15(23)9-11-21(14,2)18(16)10-12-22(17,19)3;1-4-2-3;1-2/h10,13,16-17,19H,4-9,11-12H2,1-3H3;2H,1H3;1-2H3. The summed E-state index contributed by atoms with van der Waals surface area (Å²) in [6.07, 6.45) is 11.9. The van der Waals surface area contributed by atoms with Gasteiger partial charge in [-0.3, -0.25) is 14.4 Å². The van der Waals surface area contributed by atoms with Crippen LogP contribution in [-0.2, 0) is 23.9 Å². The normalized spacial score (nSPS) is 35.3. The van der Waals surface area contributed by atoms with Crippen LogP contribution in [0.1, 0.15) is 86.0 Å². The molecule has 0 radical (unpaired) electrons. The highest BCUT2D eigenvalue weighted by atomic mass is 16.5. The number of carbonyl (C=O) groups excluding carboxylic acids is 3. The van der Waals surface area contributed by atoms with Crippen molar-refractivity contribution in [3.8, 4) is 0 Å². The summed E-state index contributed by atoms with van der Waals surface area (Å²) in [6, 6.07) is 0. The van der Waals surface area contributed by atoms with Crippen molar-refractivity contribution in [3.05, 3.63) is 23.3 Å². The summed E-state index contributed by atoms with van der Waals surface area (Å²) in [5, 5.41) is 0. The van der Waals surface area contributed by atoms with Crippen LogP contribution in [0.5, 0.6) is 0 Å². The number of ketones is 1. The number of fused-ring (bicyclic) bond motifs is 5. The van der Waals surface area contributed by atoms with Gasteiger partial charge >= 0.3 is 5.97 Å². The Balaban J connectivity index is 0.000000513. The summed E-state index contributed by atoms with van der Waals surface area (Å²) < 4.78 is 9.70. The SMILES string of the molecule is CC.CCC(=O)OC1CCC2C3CCC4=CC(=O)CCC4(C)C3=CCC12C.COC=O. The molecule has 0 aliphatic heterocycles. The van der Waals surface area contributed by atoms with E-state index in [0.29, 0.717) is 36.9 Å². The van der Waals surface area contributed by atoms with Crippen LogP contribution in [0.4, 0.5) is 0 Å². The first-order valence-electron chi connectivity index (χ1n) is 11.9. The minimum atomic E-state index is -0.0618. The highest BCUT2D eigenvalue weighted by Crippen LogP contribution is 2.63. The van der Waals surface area contributed by atoms with Crippen LogP contribution < -0.4 is 0 Å². The van der Waals surface area contributed by atoms with E-state index in [1.54, 1.807) is 5.57 Å². The van der Waals surface area contributed by atoms with E-state index < -0.39 is 0 Å². The number of ether oxygens (including phenoxy) is 2. The van der Waals surface area contributed by atoms with E-state index in [4.69, 9.17) is 9.53 Å². The van der Waals surface area contributed by atoms with Crippen molar-refractivity contribution >= 4 is 18.2 Å². The fraction of sp³-hybridized carbons (Fsp3) is 0.731. The third-order valence-electron chi connectivity index (χ3n) is 7.91. The molecule has 0 aromatic rings. The molecule has 0 heterocycles. The molecule has 4 rings (SSSR count). The van der Waals surface area contributed by atoms with Gasteiger partial charge in [0.1, 0.15) is 6.10 Å². The number of carbonyl (C=O) groups is 3. The van der Waals surface area contributed by atoms with E-state index in [9.17, 15) is 9.59 Å². The first-order chi connectivity index (χ1) is 14.8. The number of esters is 1. The van der Waals surface area contributed by atoms with Crippen molar-refractivity contribution in [1.82, 2.24) is 0 Å². The molecular weight excluding hydrogens is 392 g/mol. The zero-order chi connectivity index (χ0) is 23.2. The number of allylic oxidation sites excluding steroid dienone is 4. The van der Waals surface area contributed by atoms with Gasteiger partial charge in [-0.2, -0.15) is 0 Å². The lowest BCUT2D eigenvalue weighted by Crippen LogP contribution is -2.46. The van der Waals surface area contributed by atoms with E-state index in [1.165, 1.54) is 12.7 Å². The maximum absolute atomic E-state index is 11.9. The molecule has 4 aliphatic carbocycles. The zero-order valence-corrected chi connectivity index (χ0v) is 20.2. The van der Waals surface area contributed by atoms with Crippen molar-refractivity contribution < 1.29 is 23.9 Å². The molecule has 31 heavy (non-hydrogen) atoms. The summed E-state index contributed by atoms with van der Waals surface area (Å²) in [4.78, 5) is 32.7. The summed E-state index contributed by atoms with van der Waals surface area (Å²) in [5.74, 6) is 1.45. The highest BCUT2D eigenvalue weighted by molar-refractivity contribution is 5.92. The largest absolute Gasteiger partial charge is 0.471 e. The molecule has 0 N–H and O–H groups in total. The second-order valence-corrected chi connectivity index (χ2v) is 9.33. The lowest BCUT2D eigenvalue weighted by Gasteiger charge is -2.53. The Bertz CT molecular complexity index is 736. The van der Waals surface area contributed by atoms with Gasteiger partial charge in [0.2, 0.25) is 0 Å². The van der Waals surface area contributed by atoms with Crippen molar-refractivity contribution in [3.63, 3.8) is 0 Å². The number of hydrogen-bond acceptors (Lipinski definition) is 5. The Morgan fingerprint density at radius 1 is 1.19 bits per heavy atom. The minimum Gasteiger partial charge on any atom is -0.471 e. The summed E-state index contributed by atoms with van der Waals surface area (Å²) in [7, 11) is 1.31. The Morgan fingerprint density at radius 3 is 2.48 bits per heavy atom. The van der Waals surface area contributed by atoms with Gasteiger partial charge < -0.3 is 9.47 Å². The Kier molecular flexibility index (Phi) is 8.67. The third kappa shape index (κ3) is 4.80. The lowest BCUT2D eigenvalue weighted by molar-refractivity contribution is -0.155. The van der Waals surface area contributed by atoms with Crippen LogP contribution in [0.3, 0.4) is 0 Å². The van der Waals surface area contributed by atoms with Crippen LogP contribution in [-0.4, -0.2) is 31.4 Å². The van der Waals surface area contributed by atoms with Crippen LogP contribution in [0.15, 0.2) is 23.3 Å². The molecule has 0 amide bonds.